The maximum absolute atomic E-state index is 12.9. The molecule has 1 aromatic carbocycles. The van der Waals surface area contributed by atoms with Crippen LogP contribution in [0.5, 0.6) is 0 Å². The second-order valence-corrected chi connectivity index (χ2v) is 10.7. The largest absolute Gasteiger partial charge is 0.378 e. The lowest BCUT2D eigenvalue weighted by Crippen LogP contribution is -2.58. The highest BCUT2D eigenvalue weighted by Crippen LogP contribution is 2.36. The summed E-state index contributed by atoms with van der Waals surface area (Å²) in [6.07, 6.45) is 5.69. The topological polar surface area (TPSA) is 88.2 Å². The molecule has 3 saturated heterocycles. The minimum atomic E-state index is -3.53. The van der Waals surface area contributed by atoms with Crippen molar-refractivity contribution < 1.29 is 22.7 Å². The van der Waals surface area contributed by atoms with Crippen LogP contribution in [0.4, 0.5) is 5.69 Å². The van der Waals surface area contributed by atoms with Crippen LogP contribution in [0.25, 0.3) is 0 Å². The summed E-state index contributed by atoms with van der Waals surface area (Å²) in [4.78, 5) is 15.0. The molecule has 8 nitrogen and oxygen atoms in total. The van der Waals surface area contributed by atoms with E-state index in [0.29, 0.717) is 25.3 Å². The Labute approximate surface area is 184 Å². The number of carbonyl (C=O) groups is 1. The van der Waals surface area contributed by atoms with E-state index in [1.165, 1.54) is 0 Å². The molecule has 3 aliphatic rings. The first-order valence-corrected chi connectivity index (χ1v) is 12.7. The predicted molar refractivity (Wildman–Crippen MR) is 117 cm³/mol. The molecule has 172 valence electrons. The lowest BCUT2D eigenvalue weighted by atomic mass is 9.87. The molecule has 3 fully saturated rings. The molecule has 1 aromatic rings. The molecule has 0 aliphatic carbocycles. The summed E-state index contributed by atoms with van der Waals surface area (Å²) >= 11 is 0. The van der Waals surface area contributed by atoms with Gasteiger partial charge in [0.2, 0.25) is 15.9 Å². The minimum absolute atomic E-state index is 0.0611. The van der Waals surface area contributed by atoms with Crippen molar-refractivity contribution in [3.63, 3.8) is 0 Å². The van der Waals surface area contributed by atoms with Gasteiger partial charge in [0.05, 0.1) is 17.5 Å². The molecule has 9 heteroatoms. The number of sulfonamides is 1. The number of benzene rings is 1. The number of hydrogen-bond donors (Lipinski definition) is 1. The monoisotopic (exact) mass is 451 g/mol. The van der Waals surface area contributed by atoms with Crippen LogP contribution in [0.15, 0.2) is 29.2 Å². The summed E-state index contributed by atoms with van der Waals surface area (Å²) < 4.78 is 39.1. The van der Waals surface area contributed by atoms with Crippen molar-refractivity contribution in [2.24, 2.45) is 0 Å². The average molecular weight is 452 g/mol. The van der Waals surface area contributed by atoms with Gasteiger partial charge in [-0.15, -0.1) is 0 Å². The molecule has 0 bridgehead atoms. The fourth-order valence-electron chi connectivity index (χ4n) is 5.08. The van der Waals surface area contributed by atoms with Gasteiger partial charge in [0.1, 0.15) is 5.60 Å². The Hall–Kier alpha value is -1.52. The Kier molecular flexibility index (Phi) is 6.98. The summed E-state index contributed by atoms with van der Waals surface area (Å²) in [5.74, 6) is -0.156. The van der Waals surface area contributed by atoms with Crippen molar-refractivity contribution in [1.29, 1.82) is 0 Å². The molecule has 1 spiro atoms. The number of ether oxygens (including phenoxy) is 2. The fourth-order valence-corrected chi connectivity index (χ4v) is 6.64. The number of hydrogen-bond acceptors (Lipinski definition) is 6. The van der Waals surface area contributed by atoms with Crippen LogP contribution in [0, 0.1) is 0 Å². The van der Waals surface area contributed by atoms with E-state index in [0.717, 1.165) is 51.7 Å². The van der Waals surface area contributed by atoms with Crippen LogP contribution < -0.4 is 5.32 Å². The van der Waals surface area contributed by atoms with Gasteiger partial charge in [0, 0.05) is 45.6 Å². The van der Waals surface area contributed by atoms with Crippen LogP contribution in [0.2, 0.25) is 0 Å². The molecule has 0 saturated carbocycles. The standard InChI is InChI=1S/C22H33N3O5S/c1-29-20-9-13-24(17-22(20)10-6-14-30-22)16-21(26)23-18-7-5-8-19(15-18)31(27,28)25-11-3-2-4-12-25/h5,7-8,15,20H,2-4,6,9-14,16-17H2,1H3,(H,23,26). The number of nitrogens with zero attached hydrogens (tertiary/aromatic N) is 2. The molecule has 3 heterocycles. The molecule has 31 heavy (non-hydrogen) atoms. The maximum atomic E-state index is 12.9. The summed E-state index contributed by atoms with van der Waals surface area (Å²) in [7, 11) is -1.81. The highest BCUT2D eigenvalue weighted by Gasteiger charge is 2.47. The van der Waals surface area contributed by atoms with Gasteiger partial charge < -0.3 is 14.8 Å². The number of rotatable bonds is 6. The number of anilines is 1. The molecule has 1 amide bonds. The summed E-state index contributed by atoms with van der Waals surface area (Å²) in [6, 6.07) is 6.56. The first-order chi connectivity index (χ1) is 14.9. The van der Waals surface area contributed by atoms with Gasteiger partial charge in [-0.25, -0.2) is 8.42 Å². The Morgan fingerprint density at radius 3 is 2.74 bits per heavy atom. The van der Waals surface area contributed by atoms with E-state index in [1.807, 2.05) is 0 Å². The number of carbonyl (C=O) groups excluding carboxylic acids is 1. The van der Waals surface area contributed by atoms with Crippen molar-refractivity contribution in [3.8, 4) is 0 Å². The van der Waals surface area contributed by atoms with Gasteiger partial charge in [-0.05, 0) is 50.3 Å². The van der Waals surface area contributed by atoms with Gasteiger partial charge >= 0.3 is 0 Å². The van der Waals surface area contributed by atoms with Crippen LogP contribution in [0.3, 0.4) is 0 Å². The number of piperidine rings is 2. The zero-order valence-electron chi connectivity index (χ0n) is 18.2. The lowest BCUT2D eigenvalue weighted by Gasteiger charge is -2.44. The van der Waals surface area contributed by atoms with Crippen molar-refractivity contribution in [1.82, 2.24) is 9.21 Å². The summed E-state index contributed by atoms with van der Waals surface area (Å²) in [5.41, 5.74) is 0.178. The van der Waals surface area contributed by atoms with Crippen molar-refractivity contribution in [2.75, 3.05) is 51.8 Å². The second-order valence-electron chi connectivity index (χ2n) is 8.78. The van der Waals surface area contributed by atoms with Crippen LogP contribution >= 0.6 is 0 Å². The molecular weight excluding hydrogens is 418 g/mol. The zero-order chi connectivity index (χ0) is 21.9. The van der Waals surface area contributed by atoms with Crippen LogP contribution in [-0.4, -0.2) is 81.7 Å². The number of likely N-dealkylation sites (tertiary alicyclic amines) is 1. The van der Waals surface area contributed by atoms with Crippen LogP contribution in [0.1, 0.15) is 38.5 Å². The molecule has 2 atom stereocenters. The molecule has 3 aliphatic heterocycles. The van der Waals surface area contributed by atoms with E-state index >= 15 is 0 Å². The number of nitrogens with one attached hydrogen (secondary N) is 1. The SMILES string of the molecule is COC1CCN(CC(=O)Nc2cccc(S(=O)(=O)N3CCCCC3)c2)CC12CCCO2. The Morgan fingerprint density at radius 2 is 2.03 bits per heavy atom. The third kappa shape index (κ3) is 4.96. The first kappa shape index (κ1) is 22.7. The highest BCUT2D eigenvalue weighted by molar-refractivity contribution is 7.89. The van der Waals surface area contributed by atoms with Gasteiger partial charge in [-0.2, -0.15) is 4.31 Å². The lowest BCUT2D eigenvalue weighted by molar-refractivity contribution is -0.146. The third-order valence-corrected chi connectivity index (χ3v) is 8.54. The molecular formula is C22H33N3O5S. The van der Waals surface area contributed by atoms with Gasteiger partial charge in [-0.1, -0.05) is 12.5 Å². The quantitative estimate of drug-likeness (QED) is 0.712. The summed E-state index contributed by atoms with van der Waals surface area (Å²) in [5, 5.41) is 2.87. The first-order valence-electron chi connectivity index (χ1n) is 11.2. The van der Waals surface area contributed by atoms with E-state index < -0.39 is 10.0 Å². The Morgan fingerprint density at radius 1 is 1.23 bits per heavy atom. The fraction of sp³-hybridized carbons (Fsp3) is 0.682. The van der Waals surface area contributed by atoms with Gasteiger partial charge in [0.15, 0.2) is 0 Å². The van der Waals surface area contributed by atoms with Crippen molar-refractivity contribution >= 4 is 21.6 Å². The maximum Gasteiger partial charge on any atom is 0.243 e. The third-order valence-electron chi connectivity index (χ3n) is 6.64. The predicted octanol–water partition coefficient (Wildman–Crippen LogP) is 2.07. The molecule has 1 N–H and O–H groups in total. The van der Waals surface area contributed by atoms with E-state index in [2.05, 4.69) is 10.2 Å². The molecule has 0 radical (unpaired) electrons. The van der Waals surface area contributed by atoms with E-state index in [1.54, 1.807) is 35.7 Å². The second kappa shape index (κ2) is 9.54. The zero-order valence-corrected chi connectivity index (χ0v) is 19.0. The highest BCUT2D eigenvalue weighted by atomic mass is 32.2. The van der Waals surface area contributed by atoms with E-state index in [9.17, 15) is 13.2 Å². The van der Waals surface area contributed by atoms with Gasteiger partial charge in [0.25, 0.3) is 0 Å². The Balaban J connectivity index is 1.38. The smallest absolute Gasteiger partial charge is 0.243 e. The number of methoxy groups -OCH3 is 1. The Bertz CT molecular complexity index is 879. The number of amides is 1. The van der Waals surface area contributed by atoms with Crippen LogP contribution in [-0.2, 0) is 24.3 Å². The molecule has 0 aromatic heterocycles. The van der Waals surface area contributed by atoms with E-state index in [4.69, 9.17) is 9.47 Å². The minimum Gasteiger partial charge on any atom is -0.378 e. The summed E-state index contributed by atoms with van der Waals surface area (Å²) in [6.45, 7) is 3.52. The molecule has 4 rings (SSSR count). The molecule has 2 unspecified atom stereocenters. The van der Waals surface area contributed by atoms with E-state index in [-0.39, 0.29) is 29.1 Å². The average Bonchev–Trinajstić information content (AvgIpc) is 3.23. The van der Waals surface area contributed by atoms with Crippen molar-refractivity contribution in [3.05, 3.63) is 24.3 Å². The normalized spacial score (nSPS) is 28.1. The van der Waals surface area contributed by atoms with Gasteiger partial charge in [-0.3, -0.25) is 9.69 Å². The van der Waals surface area contributed by atoms with Crippen molar-refractivity contribution in [2.45, 2.75) is 55.1 Å².